The van der Waals surface area contributed by atoms with E-state index in [0.29, 0.717) is 0 Å². The molecule has 26 heavy (non-hydrogen) atoms. The average Bonchev–Trinajstić information content (AvgIpc) is 3.08. The van der Waals surface area contributed by atoms with Crippen LogP contribution in [0.25, 0.3) is 44.8 Å². The highest BCUT2D eigenvalue weighted by molar-refractivity contribution is 6.05. The fourth-order valence-electron chi connectivity index (χ4n) is 4.11. The van der Waals surface area contributed by atoms with Crippen molar-refractivity contribution in [3.05, 3.63) is 84.2 Å². The van der Waals surface area contributed by atoms with Crippen LogP contribution in [0.2, 0.25) is 0 Å². The molecule has 3 aromatic heterocycles. The zero-order valence-electron chi connectivity index (χ0n) is 14.1. The third-order valence-electron chi connectivity index (χ3n) is 5.22. The summed E-state index contributed by atoms with van der Waals surface area (Å²) in [4.78, 5) is 9.66. The molecule has 0 unspecified atom stereocenters. The third-order valence-corrected chi connectivity index (χ3v) is 5.22. The van der Waals surface area contributed by atoms with E-state index in [1.54, 1.807) is 0 Å². The monoisotopic (exact) mass is 333 g/mol. The Morgan fingerprint density at radius 3 is 2.77 bits per heavy atom. The van der Waals surface area contributed by atoms with Crippen LogP contribution in [0, 0.1) is 0 Å². The summed E-state index contributed by atoms with van der Waals surface area (Å²) in [6.45, 7) is 0. The van der Waals surface area contributed by atoms with Crippen molar-refractivity contribution >= 4 is 33.5 Å². The Balaban J connectivity index is 1.82. The van der Waals surface area contributed by atoms with Crippen LogP contribution < -0.4 is 0 Å². The first-order valence-corrected chi connectivity index (χ1v) is 8.83. The molecule has 6 rings (SSSR count). The number of aromatic nitrogens is 3. The highest BCUT2D eigenvalue weighted by Crippen LogP contribution is 2.34. The van der Waals surface area contributed by atoms with E-state index in [4.69, 9.17) is 9.97 Å². The number of rotatable bonds is 1. The maximum absolute atomic E-state index is 4.97. The van der Waals surface area contributed by atoms with Crippen molar-refractivity contribution in [2.24, 2.45) is 0 Å². The van der Waals surface area contributed by atoms with Crippen LogP contribution in [-0.2, 0) is 6.42 Å². The van der Waals surface area contributed by atoms with Crippen LogP contribution in [0.15, 0.2) is 73.1 Å². The summed E-state index contributed by atoms with van der Waals surface area (Å²) in [5.41, 5.74) is 7.77. The van der Waals surface area contributed by atoms with Gasteiger partial charge in [-0.05, 0) is 29.0 Å². The lowest BCUT2D eigenvalue weighted by atomic mass is 9.95. The van der Waals surface area contributed by atoms with Gasteiger partial charge < -0.3 is 0 Å². The zero-order valence-corrected chi connectivity index (χ0v) is 14.1. The second-order valence-corrected chi connectivity index (χ2v) is 6.73. The van der Waals surface area contributed by atoms with Gasteiger partial charge in [0.15, 0.2) is 0 Å². The first-order valence-electron chi connectivity index (χ1n) is 8.83. The van der Waals surface area contributed by atoms with Gasteiger partial charge in [-0.1, -0.05) is 60.7 Å². The minimum Gasteiger partial charge on any atom is -0.297 e. The molecule has 3 heteroatoms. The predicted molar refractivity (Wildman–Crippen MR) is 106 cm³/mol. The molecule has 0 fully saturated rings. The van der Waals surface area contributed by atoms with Crippen LogP contribution >= 0.6 is 0 Å². The lowest BCUT2D eigenvalue weighted by molar-refractivity contribution is 1.16. The highest BCUT2D eigenvalue weighted by Gasteiger charge is 2.17. The molecular formula is C23H15N3. The number of pyridine rings is 2. The first kappa shape index (κ1) is 13.8. The number of benzene rings is 2. The van der Waals surface area contributed by atoms with E-state index >= 15 is 0 Å². The Morgan fingerprint density at radius 1 is 0.923 bits per heavy atom. The molecule has 0 atom stereocenters. The SMILES string of the molecule is C1=Cc2cccc3c2c(cn2c3nc3ccnc(-c4ccccc4)c32)C1. The molecule has 3 heterocycles. The molecule has 2 aromatic carbocycles. The molecule has 1 aliphatic carbocycles. The molecule has 0 saturated carbocycles. The van der Waals surface area contributed by atoms with Crippen molar-refractivity contribution in [3.8, 4) is 11.3 Å². The Bertz CT molecular complexity index is 1340. The Morgan fingerprint density at radius 2 is 1.85 bits per heavy atom. The van der Waals surface area contributed by atoms with Gasteiger partial charge in [0.1, 0.15) is 5.65 Å². The number of fused-ring (bicyclic) bond motifs is 4. The fraction of sp³-hybridized carbons (Fsp3) is 0.0435. The van der Waals surface area contributed by atoms with Gasteiger partial charge in [0.05, 0.1) is 16.7 Å². The summed E-state index contributed by atoms with van der Waals surface area (Å²) in [6, 6.07) is 18.8. The van der Waals surface area contributed by atoms with E-state index in [1.807, 2.05) is 18.3 Å². The smallest absolute Gasteiger partial charge is 0.145 e. The van der Waals surface area contributed by atoms with Crippen molar-refractivity contribution in [2.75, 3.05) is 0 Å². The maximum Gasteiger partial charge on any atom is 0.145 e. The molecule has 0 amide bonds. The van der Waals surface area contributed by atoms with E-state index in [2.05, 4.69) is 65.2 Å². The summed E-state index contributed by atoms with van der Waals surface area (Å²) < 4.78 is 2.23. The average molecular weight is 333 g/mol. The quantitative estimate of drug-likeness (QED) is 0.418. The van der Waals surface area contributed by atoms with E-state index in [0.717, 1.165) is 34.4 Å². The molecule has 0 N–H and O–H groups in total. The molecule has 3 nitrogen and oxygen atoms in total. The van der Waals surface area contributed by atoms with Gasteiger partial charge in [-0.3, -0.25) is 9.38 Å². The van der Waals surface area contributed by atoms with Crippen LogP contribution in [0.1, 0.15) is 11.1 Å². The maximum atomic E-state index is 4.97. The van der Waals surface area contributed by atoms with Gasteiger partial charge in [-0.25, -0.2) is 4.98 Å². The highest BCUT2D eigenvalue weighted by atomic mass is 15.0. The van der Waals surface area contributed by atoms with E-state index in [-0.39, 0.29) is 0 Å². The minimum absolute atomic E-state index is 0.948. The molecule has 122 valence electrons. The van der Waals surface area contributed by atoms with Crippen LogP contribution in [-0.4, -0.2) is 14.4 Å². The van der Waals surface area contributed by atoms with Gasteiger partial charge >= 0.3 is 0 Å². The minimum atomic E-state index is 0.948. The second-order valence-electron chi connectivity index (χ2n) is 6.73. The van der Waals surface area contributed by atoms with Crippen molar-refractivity contribution < 1.29 is 0 Å². The third kappa shape index (κ3) is 1.77. The van der Waals surface area contributed by atoms with E-state index in [9.17, 15) is 0 Å². The number of nitrogens with zero attached hydrogens (tertiary/aromatic N) is 3. The molecule has 0 saturated heterocycles. The Hall–Kier alpha value is -3.46. The number of imidazole rings is 1. The summed E-state index contributed by atoms with van der Waals surface area (Å²) in [5.74, 6) is 0. The van der Waals surface area contributed by atoms with Crippen molar-refractivity contribution in [3.63, 3.8) is 0 Å². The summed E-state index contributed by atoms with van der Waals surface area (Å²) in [7, 11) is 0. The van der Waals surface area contributed by atoms with Gasteiger partial charge in [0.2, 0.25) is 0 Å². The standard InChI is InChI=1S/C23H15N3/c1-2-6-16(7-3-1)21-22-19(12-13-24-21)25-23-18-11-5-9-15-8-4-10-17(20(15)18)14-26(22)23/h1-9,11-14H,10H2. The van der Waals surface area contributed by atoms with Crippen LogP contribution in [0.3, 0.4) is 0 Å². The summed E-state index contributed by atoms with van der Waals surface area (Å²) in [5, 5.41) is 2.53. The molecule has 0 aliphatic heterocycles. The van der Waals surface area contributed by atoms with Crippen LogP contribution in [0.5, 0.6) is 0 Å². The van der Waals surface area contributed by atoms with Crippen molar-refractivity contribution in [2.45, 2.75) is 6.42 Å². The molecule has 0 spiro atoms. The number of hydrogen-bond acceptors (Lipinski definition) is 2. The first-order chi connectivity index (χ1) is 12.9. The van der Waals surface area contributed by atoms with Crippen LogP contribution in [0.4, 0.5) is 0 Å². The predicted octanol–water partition coefficient (Wildman–Crippen LogP) is 5.27. The summed E-state index contributed by atoms with van der Waals surface area (Å²) in [6.07, 6.45) is 9.49. The van der Waals surface area contributed by atoms with E-state index < -0.39 is 0 Å². The largest absolute Gasteiger partial charge is 0.297 e. The topological polar surface area (TPSA) is 30.2 Å². The Labute approximate surface area is 150 Å². The lowest BCUT2D eigenvalue weighted by Gasteiger charge is -2.14. The van der Waals surface area contributed by atoms with E-state index in [1.165, 1.54) is 21.9 Å². The van der Waals surface area contributed by atoms with Crippen molar-refractivity contribution in [1.82, 2.24) is 14.4 Å². The van der Waals surface area contributed by atoms with Gasteiger partial charge in [-0.15, -0.1) is 0 Å². The molecular weight excluding hydrogens is 318 g/mol. The molecule has 0 bridgehead atoms. The molecule has 0 radical (unpaired) electrons. The number of allylic oxidation sites excluding steroid dienone is 1. The molecule has 1 aliphatic rings. The second kappa shape index (κ2) is 5.02. The van der Waals surface area contributed by atoms with Gasteiger partial charge in [0, 0.05) is 23.3 Å². The normalized spacial score (nSPS) is 13.1. The lowest BCUT2D eigenvalue weighted by Crippen LogP contribution is -1.98. The molecule has 5 aromatic rings. The fourth-order valence-corrected chi connectivity index (χ4v) is 4.11. The van der Waals surface area contributed by atoms with Crippen molar-refractivity contribution in [1.29, 1.82) is 0 Å². The number of hydrogen-bond donors (Lipinski definition) is 0. The summed E-state index contributed by atoms with van der Waals surface area (Å²) >= 11 is 0. The van der Waals surface area contributed by atoms with Gasteiger partial charge in [-0.2, -0.15) is 0 Å². The zero-order chi connectivity index (χ0) is 17.1. The Kier molecular flexibility index (Phi) is 2.66. The van der Waals surface area contributed by atoms with Gasteiger partial charge in [0.25, 0.3) is 0 Å².